The van der Waals surface area contributed by atoms with E-state index in [0.717, 1.165) is 5.56 Å². The van der Waals surface area contributed by atoms with Gasteiger partial charge in [0.25, 0.3) is 0 Å². The van der Waals surface area contributed by atoms with Crippen molar-refractivity contribution >= 4 is 6.09 Å². The molecule has 1 rings (SSSR count). The van der Waals surface area contributed by atoms with Gasteiger partial charge in [0.05, 0.1) is 6.54 Å². The maximum Gasteiger partial charge on any atom is 0.411 e. The zero-order chi connectivity index (χ0) is 21.4. The summed E-state index contributed by atoms with van der Waals surface area (Å²) in [7, 11) is 0. The molecule has 0 radical (unpaired) electrons. The van der Waals surface area contributed by atoms with Crippen molar-refractivity contribution in [3.8, 4) is 11.8 Å². The molecule has 154 valence electrons. The van der Waals surface area contributed by atoms with Gasteiger partial charge >= 0.3 is 6.09 Å². The Kier molecular flexibility index (Phi) is 8.45. The Bertz CT molecular complexity index is 714. The first kappa shape index (κ1) is 23.4. The van der Waals surface area contributed by atoms with Gasteiger partial charge in [-0.2, -0.15) is 0 Å². The van der Waals surface area contributed by atoms with E-state index in [4.69, 9.17) is 4.74 Å². The summed E-state index contributed by atoms with van der Waals surface area (Å²) >= 11 is 0. The van der Waals surface area contributed by atoms with Crippen LogP contribution in [0.15, 0.2) is 30.3 Å². The minimum Gasteiger partial charge on any atom is -0.444 e. The molecule has 0 spiro atoms. The normalized spacial score (nSPS) is 12.5. The molecule has 0 aromatic heterocycles. The molecule has 7 heteroatoms. The van der Waals surface area contributed by atoms with Gasteiger partial charge in [-0.3, -0.25) is 15.0 Å². The van der Waals surface area contributed by atoms with Crippen molar-refractivity contribution < 1.29 is 19.6 Å². The average molecular weight is 390 g/mol. The second-order valence-corrected chi connectivity index (χ2v) is 8.14. The quantitative estimate of drug-likeness (QED) is 0.437. The van der Waals surface area contributed by atoms with Gasteiger partial charge in [0.15, 0.2) is 0 Å². The summed E-state index contributed by atoms with van der Waals surface area (Å²) in [6.45, 7) is 8.55. The van der Waals surface area contributed by atoms with Crippen LogP contribution in [0.5, 0.6) is 0 Å². The van der Waals surface area contributed by atoms with Crippen LogP contribution in [0.1, 0.15) is 53.0 Å². The molecule has 28 heavy (non-hydrogen) atoms. The van der Waals surface area contributed by atoms with Gasteiger partial charge in [-0.05, 0) is 45.7 Å². The Labute approximate surface area is 166 Å². The van der Waals surface area contributed by atoms with Gasteiger partial charge in [-0.1, -0.05) is 30.0 Å². The van der Waals surface area contributed by atoms with Gasteiger partial charge in [0.1, 0.15) is 11.7 Å². The van der Waals surface area contributed by atoms with Crippen LogP contribution in [0.3, 0.4) is 0 Å². The lowest BCUT2D eigenvalue weighted by Gasteiger charge is -2.27. The third-order valence-electron chi connectivity index (χ3n) is 4.12. The third kappa shape index (κ3) is 7.97. The van der Waals surface area contributed by atoms with E-state index in [9.17, 15) is 20.0 Å². The van der Waals surface area contributed by atoms with Crippen LogP contribution in [0, 0.1) is 22.0 Å². The molecule has 0 heterocycles. The number of carbonyl (C=O) groups excluding carboxylic acids is 1. The summed E-state index contributed by atoms with van der Waals surface area (Å²) in [5, 5.41) is 21.1. The minimum absolute atomic E-state index is 0.165. The van der Waals surface area contributed by atoms with Crippen molar-refractivity contribution in [3.63, 3.8) is 0 Å². The van der Waals surface area contributed by atoms with E-state index in [1.807, 2.05) is 30.3 Å². The molecule has 1 aromatic carbocycles. The zero-order valence-corrected chi connectivity index (χ0v) is 17.3. The largest absolute Gasteiger partial charge is 0.444 e. The van der Waals surface area contributed by atoms with Gasteiger partial charge in [0, 0.05) is 30.9 Å². The van der Waals surface area contributed by atoms with Crippen molar-refractivity contribution in [2.24, 2.45) is 0 Å². The first-order chi connectivity index (χ1) is 12.9. The van der Waals surface area contributed by atoms with E-state index >= 15 is 0 Å². The fourth-order valence-electron chi connectivity index (χ4n) is 2.27. The Balaban J connectivity index is 2.74. The van der Waals surface area contributed by atoms with Crippen molar-refractivity contribution in [1.82, 2.24) is 4.90 Å². The number of rotatable bonds is 7. The Morgan fingerprint density at radius 1 is 1.25 bits per heavy atom. The number of hydrogen-bond acceptors (Lipinski definition) is 5. The predicted octanol–water partition coefficient (Wildman–Crippen LogP) is 3.47. The highest BCUT2D eigenvalue weighted by Crippen LogP contribution is 2.18. The average Bonchev–Trinajstić information content (AvgIpc) is 2.59. The van der Waals surface area contributed by atoms with Gasteiger partial charge in [0.2, 0.25) is 5.54 Å². The molecule has 0 saturated heterocycles. The van der Waals surface area contributed by atoms with Gasteiger partial charge in [-0.15, -0.1) is 0 Å². The number of amides is 1. The molecular weight excluding hydrogens is 360 g/mol. The van der Waals surface area contributed by atoms with E-state index in [0.29, 0.717) is 6.42 Å². The van der Waals surface area contributed by atoms with Crippen LogP contribution < -0.4 is 0 Å². The summed E-state index contributed by atoms with van der Waals surface area (Å²) in [6, 6.07) is 9.42. The first-order valence-corrected chi connectivity index (χ1v) is 9.28. The summed E-state index contributed by atoms with van der Waals surface area (Å²) in [5.74, 6) is 5.95. The number of hydrogen-bond donors (Lipinski definition) is 1. The fourth-order valence-corrected chi connectivity index (χ4v) is 2.27. The number of aliphatic hydroxyl groups excluding tert-OH is 1. The maximum atomic E-state index is 12.4. The molecule has 1 amide bonds. The molecule has 1 atom stereocenters. The summed E-state index contributed by atoms with van der Waals surface area (Å²) in [4.78, 5) is 24.5. The van der Waals surface area contributed by atoms with E-state index in [1.165, 1.54) is 18.7 Å². The molecule has 1 unspecified atom stereocenters. The molecule has 0 saturated carbocycles. The maximum absolute atomic E-state index is 12.4. The van der Waals surface area contributed by atoms with Crippen LogP contribution in [-0.2, 0) is 4.74 Å². The smallest absolute Gasteiger partial charge is 0.411 e. The molecule has 1 aromatic rings. The van der Waals surface area contributed by atoms with Crippen molar-refractivity contribution in [3.05, 3.63) is 46.0 Å². The minimum atomic E-state index is -1.44. The molecule has 0 aliphatic carbocycles. The number of carbonyl (C=O) groups is 1. The van der Waals surface area contributed by atoms with Crippen LogP contribution >= 0.6 is 0 Å². The SMILES string of the molecule is CC(C)(C)OC(=O)N(CC#Cc1ccccc1)CCCC(O)C(C)(C)[N+](=O)[O-]. The highest BCUT2D eigenvalue weighted by atomic mass is 16.6. The van der Waals surface area contributed by atoms with Crippen molar-refractivity contribution in [1.29, 1.82) is 0 Å². The summed E-state index contributed by atoms with van der Waals surface area (Å²) < 4.78 is 5.41. The van der Waals surface area contributed by atoms with E-state index in [2.05, 4.69) is 11.8 Å². The Morgan fingerprint density at radius 2 is 1.86 bits per heavy atom. The molecule has 7 nitrogen and oxygen atoms in total. The number of nitrogens with zero attached hydrogens (tertiary/aromatic N) is 2. The molecular formula is C21H30N2O5. The lowest BCUT2D eigenvalue weighted by atomic mass is 9.94. The fraction of sp³-hybridized carbons (Fsp3) is 0.571. The van der Waals surface area contributed by atoms with E-state index in [1.54, 1.807) is 20.8 Å². The van der Waals surface area contributed by atoms with Gasteiger partial charge in [-0.25, -0.2) is 4.79 Å². The molecule has 0 aliphatic rings. The van der Waals surface area contributed by atoms with Crippen LogP contribution in [-0.4, -0.2) is 51.4 Å². The van der Waals surface area contributed by atoms with Crippen molar-refractivity contribution in [2.45, 2.75) is 64.7 Å². The summed E-state index contributed by atoms with van der Waals surface area (Å²) in [5.41, 5.74) is -1.24. The predicted molar refractivity (Wildman–Crippen MR) is 107 cm³/mol. The van der Waals surface area contributed by atoms with Crippen molar-refractivity contribution in [2.75, 3.05) is 13.1 Å². The standard InChI is InChI=1S/C21H30N2O5/c1-20(2,3)28-19(25)22(15-9-13-17-11-7-6-8-12-17)16-10-14-18(24)21(4,5)23(26)27/h6-8,11-12,18,24H,10,14-16H2,1-5H3. The number of nitro groups is 1. The highest BCUT2D eigenvalue weighted by molar-refractivity contribution is 5.68. The molecule has 1 N–H and O–H groups in total. The Hall–Kier alpha value is -2.59. The van der Waals surface area contributed by atoms with Crippen LogP contribution in [0.4, 0.5) is 4.79 Å². The Morgan fingerprint density at radius 3 is 2.39 bits per heavy atom. The topological polar surface area (TPSA) is 92.9 Å². The van der Waals surface area contributed by atoms with E-state index < -0.39 is 28.3 Å². The van der Waals surface area contributed by atoms with Gasteiger partial charge < -0.3 is 9.84 Å². The zero-order valence-electron chi connectivity index (χ0n) is 17.3. The number of ether oxygens (including phenoxy) is 1. The first-order valence-electron chi connectivity index (χ1n) is 9.28. The molecule has 0 aliphatic heterocycles. The highest BCUT2D eigenvalue weighted by Gasteiger charge is 2.39. The molecule has 0 fully saturated rings. The van der Waals surface area contributed by atoms with E-state index in [-0.39, 0.29) is 19.5 Å². The summed E-state index contributed by atoms with van der Waals surface area (Å²) in [6.07, 6.45) is -1.03. The second kappa shape index (κ2) is 10.1. The second-order valence-electron chi connectivity index (χ2n) is 8.14. The lowest BCUT2D eigenvalue weighted by molar-refractivity contribution is -0.573. The monoisotopic (exact) mass is 390 g/mol. The molecule has 0 bridgehead atoms. The lowest BCUT2D eigenvalue weighted by Crippen LogP contribution is -2.44. The van der Waals surface area contributed by atoms with Crippen LogP contribution in [0.2, 0.25) is 0 Å². The van der Waals surface area contributed by atoms with Crippen LogP contribution in [0.25, 0.3) is 0 Å². The number of aliphatic hydroxyl groups is 1. The number of benzene rings is 1. The third-order valence-corrected chi connectivity index (χ3v) is 4.12.